The van der Waals surface area contributed by atoms with Gasteiger partial charge in [-0.2, -0.15) is 0 Å². The Kier molecular flexibility index (Phi) is 5.15. The molecule has 0 spiro atoms. The first-order valence-corrected chi connectivity index (χ1v) is 9.55. The van der Waals surface area contributed by atoms with Gasteiger partial charge in [0.2, 0.25) is 5.91 Å². The van der Waals surface area contributed by atoms with Crippen LogP contribution in [-0.2, 0) is 4.79 Å². The molecule has 2 aliphatic rings. The number of nitrogens with zero attached hydrogens (tertiary/aromatic N) is 4. The largest absolute Gasteiger partial charge is 0.320 e. The quantitative estimate of drug-likeness (QED) is 0.861. The highest BCUT2D eigenvalue weighted by atomic mass is 16.2. The van der Waals surface area contributed by atoms with Gasteiger partial charge in [-0.3, -0.25) is 9.59 Å². The molecule has 8 nitrogen and oxygen atoms in total. The number of aromatic nitrogens is 3. The van der Waals surface area contributed by atoms with Crippen molar-refractivity contribution in [2.24, 2.45) is 0 Å². The number of benzene rings is 1. The van der Waals surface area contributed by atoms with E-state index in [0.29, 0.717) is 17.8 Å². The minimum absolute atomic E-state index is 0.134. The molecule has 4 rings (SSSR count). The van der Waals surface area contributed by atoms with Crippen LogP contribution in [0.1, 0.15) is 48.6 Å². The number of hydrogen-bond donors (Lipinski definition) is 2. The van der Waals surface area contributed by atoms with Crippen molar-refractivity contribution in [1.29, 1.82) is 0 Å². The predicted octanol–water partition coefficient (Wildman–Crippen LogP) is 1.97. The number of hydrogen-bond acceptors (Lipinski definition) is 5. The molecule has 1 aromatic heterocycles. The predicted molar refractivity (Wildman–Crippen MR) is 102 cm³/mol. The molecule has 2 N–H and O–H groups in total. The third kappa shape index (κ3) is 4.00. The van der Waals surface area contributed by atoms with Gasteiger partial charge in [0.1, 0.15) is 0 Å². The number of piperidine rings is 2. The van der Waals surface area contributed by atoms with Gasteiger partial charge in [-0.1, -0.05) is 11.3 Å². The van der Waals surface area contributed by atoms with Crippen molar-refractivity contribution < 1.29 is 9.59 Å². The highest BCUT2D eigenvalue weighted by Crippen LogP contribution is 2.24. The fraction of sp³-hybridized carbons (Fsp3) is 0.474. The van der Waals surface area contributed by atoms with Crippen LogP contribution in [0.5, 0.6) is 0 Å². The van der Waals surface area contributed by atoms with Crippen LogP contribution in [0.3, 0.4) is 0 Å². The van der Waals surface area contributed by atoms with E-state index in [9.17, 15) is 9.59 Å². The lowest BCUT2D eigenvalue weighted by Gasteiger charge is -2.27. The van der Waals surface area contributed by atoms with Crippen LogP contribution in [-0.4, -0.2) is 46.4 Å². The van der Waals surface area contributed by atoms with Gasteiger partial charge in [0.15, 0.2) is 5.69 Å². The zero-order valence-electron chi connectivity index (χ0n) is 15.2. The van der Waals surface area contributed by atoms with Crippen LogP contribution in [0, 0.1) is 0 Å². The van der Waals surface area contributed by atoms with Gasteiger partial charge in [-0.05, 0) is 57.0 Å². The summed E-state index contributed by atoms with van der Waals surface area (Å²) < 4.78 is 1.79. The normalized spacial score (nSPS) is 18.5. The zero-order valence-corrected chi connectivity index (χ0v) is 15.2. The molecule has 1 aromatic carbocycles. The highest BCUT2D eigenvalue weighted by Gasteiger charge is 2.21. The summed E-state index contributed by atoms with van der Waals surface area (Å²) >= 11 is 0. The number of amides is 2. The number of anilines is 2. The van der Waals surface area contributed by atoms with E-state index >= 15 is 0 Å². The lowest BCUT2D eigenvalue weighted by atomic mass is 10.1. The average molecular weight is 368 g/mol. The number of carbonyl (C=O) groups excluding carboxylic acids is 2. The first-order chi connectivity index (χ1) is 13.2. The van der Waals surface area contributed by atoms with Gasteiger partial charge >= 0.3 is 0 Å². The molecule has 2 saturated heterocycles. The Morgan fingerprint density at radius 1 is 1.22 bits per heavy atom. The first kappa shape index (κ1) is 17.7. The second-order valence-corrected chi connectivity index (χ2v) is 7.07. The summed E-state index contributed by atoms with van der Waals surface area (Å²) in [4.78, 5) is 26.4. The molecule has 27 heavy (non-hydrogen) atoms. The third-order valence-corrected chi connectivity index (χ3v) is 5.16. The Hall–Kier alpha value is -2.74. The summed E-state index contributed by atoms with van der Waals surface area (Å²) in [6.45, 7) is 2.63. The standard InChI is InChI=1S/C19H24N6O2/c26-18-6-1-2-11-24(18)16-5-3-4-14(12-16)21-19(27)17-13-25(23-22-17)15-7-9-20-10-8-15/h3-5,12-13,15,20H,1-2,6-11H2,(H,21,27). The molecule has 142 valence electrons. The SMILES string of the molecule is O=C(Nc1cccc(N2CCCCC2=O)c1)c1cn(C2CCNCC2)nn1. The van der Waals surface area contributed by atoms with E-state index in [-0.39, 0.29) is 17.9 Å². The van der Waals surface area contributed by atoms with Crippen LogP contribution in [0.4, 0.5) is 11.4 Å². The summed E-state index contributed by atoms with van der Waals surface area (Å²) in [6, 6.07) is 7.67. The van der Waals surface area contributed by atoms with E-state index in [0.717, 1.165) is 51.0 Å². The van der Waals surface area contributed by atoms with Gasteiger partial charge in [0.25, 0.3) is 5.91 Å². The molecule has 0 unspecified atom stereocenters. The highest BCUT2D eigenvalue weighted by molar-refractivity contribution is 6.03. The van der Waals surface area contributed by atoms with Crippen LogP contribution in [0.15, 0.2) is 30.5 Å². The van der Waals surface area contributed by atoms with Crippen LogP contribution >= 0.6 is 0 Å². The monoisotopic (exact) mass is 368 g/mol. The van der Waals surface area contributed by atoms with Crippen molar-refractivity contribution in [1.82, 2.24) is 20.3 Å². The van der Waals surface area contributed by atoms with E-state index in [1.54, 1.807) is 15.8 Å². The van der Waals surface area contributed by atoms with E-state index in [1.807, 2.05) is 24.3 Å². The summed E-state index contributed by atoms with van der Waals surface area (Å²) in [5.74, 6) is -0.160. The van der Waals surface area contributed by atoms with Gasteiger partial charge in [-0.15, -0.1) is 5.10 Å². The Labute approximate surface area is 157 Å². The Morgan fingerprint density at radius 3 is 2.89 bits per heavy atom. The molecule has 0 saturated carbocycles. The Bertz CT molecular complexity index is 827. The molecule has 0 atom stereocenters. The molecular formula is C19H24N6O2. The molecule has 2 fully saturated rings. The van der Waals surface area contributed by atoms with Crippen LogP contribution < -0.4 is 15.5 Å². The number of nitrogens with one attached hydrogen (secondary N) is 2. The molecule has 2 amide bonds. The van der Waals surface area contributed by atoms with Crippen LogP contribution in [0.2, 0.25) is 0 Å². The second-order valence-electron chi connectivity index (χ2n) is 7.07. The first-order valence-electron chi connectivity index (χ1n) is 9.55. The third-order valence-electron chi connectivity index (χ3n) is 5.16. The van der Waals surface area contributed by atoms with Crippen molar-refractivity contribution in [3.8, 4) is 0 Å². The Morgan fingerprint density at radius 2 is 2.07 bits per heavy atom. The van der Waals surface area contributed by atoms with Crippen molar-refractivity contribution in [2.75, 3.05) is 29.9 Å². The van der Waals surface area contributed by atoms with Crippen molar-refractivity contribution in [3.63, 3.8) is 0 Å². The summed E-state index contributed by atoms with van der Waals surface area (Å²) in [6.07, 6.45) is 6.20. The lowest BCUT2D eigenvalue weighted by molar-refractivity contribution is -0.119. The maximum absolute atomic E-state index is 12.5. The van der Waals surface area contributed by atoms with Gasteiger partial charge in [0.05, 0.1) is 12.2 Å². The molecular weight excluding hydrogens is 344 g/mol. The molecule has 0 bridgehead atoms. The van der Waals surface area contributed by atoms with Gasteiger partial charge in [0, 0.05) is 24.3 Å². The average Bonchev–Trinajstić information content (AvgIpc) is 3.20. The fourth-order valence-electron chi connectivity index (χ4n) is 3.66. The molecule has 3 heterocycles. The second kappa shape index (κ2) is 7.87. The smallest absolute Gasteiger partial charge is 0.277 e. The van der Waals surface area contributed by atoms with Crippen molar-refractivity contribution >= 4 is 23.2 Å². The van der Waals surface area contributed by atoms with E-state index in [2.05, 4.69) is 20.9 Å². The van der Waals surface area contributed by atoms with Crippen LogP contribution in [0.25, 0.3) is 0 Å². The minimum atomic E-state index is -0.294. The Balaban J connectivity index is 1.44. The van der Waals surface area contributed by atoms with Crippen molar-refractivity contribution in [2.45, 2.75) is 38.1 Å². The topological polar surface area (TPSA) is 92.2 Å². The molecule has 0 aliphatic carbocycles. The molecule has 2 aliphatic heterocycles. The summed E-state index contributed by atoms with van der Waals surface area (Å²) in [7, 11) is 0. The zero-order chi connectivity index (χ0) is 18.6. The van der Waals surface area contributed by atoms with E-state index in [4.69, 9.17) is 0 Å². The number of rotatable bonds is 4. The number of carbonyl (C=O) groups is 2. The fourth-order valence-corrected chi connectivity index (χ4v) is 3.66. The lowest BCUT2D eigenvalue weighted by Crippen LogP contribution is -2.35. The van der Waals surface area contributed by atoms with E-state index in [1.165, 1.54) is 0 Å². The maximum atomic E-state index is 12.5. The summed E-state index contributed by atoms with van der Waals surface area (Å²) in [5.41, 5.74) is 1.76. The van der Waals surface area contributed by atoms with E-state index < -0.39 is 0 Å². The van der Waals surface area contributed by atoms with Gasteiger partial charge < -0.3 is 15.5 Å². The minimum Gasteiger partial charge on any atom is -0.320 e. The van der Waals surface area contributed by atoms with Crippen molar-refractivity contribution in [3.05, 3.63) is 36.2 Å². The molecule has 8 heteroatoms. The maximum Gasteiger partial charge on any atom is 0.277 e. The molecule has 0 radical (unpaired) electrons. The van der Waals surface area contributed by atoms with Gasteiger partial charge in [-0.25, -0.2) is 4.68 Å². The molecule has 2 aromatic rings. The summed E-state index contributed by atoms with van der Waals surface area (Å²) in [5, 5.41) is 14.3.